The van der Waals surface area contributed by atoms with E-state index in [0.717, 1.165) is 24.0 Å². The molecule has 2 rings (SSSR count). The summed E-state index contributed by atoms with van der Waals surface area (Å²) in [5.41, 5.74) is 0.890. The maximum Gasteiger partial charge on any atom is 0.193 e. The first-order valence-electron chi connectivity index (χ1n) is 7.38. The first kappa shape index (κ1) is 19.0. The number of nitrogens with zero attached hydrogens (tertiary/aromatic N) is 2. The van der Waals surface area contributed by atoms with Gasteiger partial charge < -0.3 is 15.0 Å². The Kier molecular flexibility index (Phi) is 7.92. The average Bonchev–Trinajstić information content (AvgIpc) is 3.28. The van der Waals surface area contributed by atoms with Crippen LogP contribution in [0.4, 0.5) is 4.39 Å². The number of methoxy groups -OCH3 is 1. The highest BCUT2D eigenvalue weighted by atomic mass is 127. The van der Waals surface area contributed by atoms with E-state index in [-0.39, 0.29) is 35.5 Å². The molecule has 22 heavy (non-hydrogen) atoms. The lowest BCUT2D eigenvalue weighted by Gasteiger charge is -2.22. The van der Waals surface area contributed by atoms with Gasteiger partial charge in [-0.15, -0.1) is 24.0 Å². The number of guanidine groups is 1. The number of ether oxygens (including phenoxy) is 1. The largest absolute Gasteiger partial charge is 0.494 e. The highest BCUT2D eigenvalue weighted by molar-refractivity contribution is 14.0. The molecule has 6 heteroatoms. The van der Waals surface area contributed by atoms with Crippen molar-refractivity contribution in [1.29, 1.82) is 0 Å². The molecular formula is C16H25FIN3O. The average molecular weight is 421 g/mol. The van der Waals surface area contributed by atoms with Crippen molar-refractivity contribution in [3.63, 3.8) is 0 Å². The van der Waals surface area contributed by atoms with Crippen LogP contribution in [0.5, 0.6) is 5.75 Å². The molecule has 0 unspecified atom stereocenters. The summed E-state index contributed by atoms with van der Waals surface area (Å²) in [7, 11) is 5.19. The molecule has 0 bridgehead atoms. The van der Waals surface area contributed by atoms with Crippen LogP contribution in [0.2, 0.25) is 0 Å². The third-order valence-corrected chi connectivity index (χ3v) is 3.74. The maximum absolute atomic E-state index is 13.7. The van der Waals surface area contributed by atoms with Crippen molar-refractivity contribution in [3.8, 4) is 5.75 Å². The minimum atomic E-state index is -0.333. The molecule has 1 aromatic carbocycles. The van der Waals surface area contributed by atoms with Crippen molar-refractivity contribution in [1.82, 2.24) is 10.2 Å². The fraction of sp³-hybridized carbons (Fsp3) is 0.562. The van der Waals surface area contributed by atoms with Gasteiger partial charge in [-0.3, -0.25) is 4.99 Å². The third kappa shape index (κ3) is 5.62. The lowest BCUT2D eigenvalue weighted by atomic mass is 10.2. The molecule has 1 N–H and O–H groups in total. The quantitative estimate of drug-likeness (QED) is 0.435. The summed E-state index contributed by atoms with van der Waals surface area (Å²) >= 11 is 0. The summed E-state index contributed by atoms with van der Waals surface area (Å²) in [5.74, 6) is 1.68. The van der Waals surface area contributed by atoms with E-state index in [9.17, 15) is 4.39 Å². The number of hydrogen-bond donors (Lipinski definition) is 1. The highest BCUT2D eigenvalue weighted by Gasteiger charge is 2.20. The van der Waals surface area contributed by atoms with Crippen LogP contribution in [0, 0.1) is 11.7 Å². The molecule has 0 radical (unpaired) electrons. The number of hydrogen-bond acceptors (Lipinski definition) is 2. The summed E-state index contributed by atoms with van der Waals surface area (Å²) in [5, 5.41) is 3.36. The summed E-state index contributed by atoms with van der Waals surface area (Å²) in [6, 6.07) is 5.03. The topological polar surface area (TPSA) is 36.9 Å². The van der Waals surface area contributed by atoms with Crippen molar-refractivity contribution in [2.75, 3.05) is 27.7 Å². The summed E-state index contributed by atoms with van der Waals surface area (Å²) in [6.07, 6.45) is 3.92. The van der Waals surface area contributed by atoms with Crippen molar-refractivity contribution in [3.05, 3.63) is 29.6 Å². The van der Waals surface area contributed by atoms with Crippen molar-refractivity contribution < 1.29 is 9.13 Å². The van der Waals surface area contributed by atoms with Crippen LogP contribution in [0.1, 0.15) is 24.8 Å². The van der Waals surface area contributed by atoms with Gasteiger partial charge in [-0.25, -0.2) is 4.39 Å². The number of halogens is 2. The summed E-state index contributed by atoms with van der Waals surface area (Å²) < 4.78 is 18.6. The van der Waals surface area contributed by atoms with Crippen LogP contribution in [0.25, 0.3) is 0 Å². The molecule has 124 valence electrons. The molecule has 1 aromatic rings. The first-order valence-corrected chi connectivity index (χ1v) is 7.38. The van der Waals surface area contributed by atoms with E-state index >= 15 is 0 Å². The van der Waals surface area contributed by atoms with E-state index in [1.165, 1.54) is 32.4 Å². The van der Waals surface area contributed by atoms with Crippen LogP contribution < -0.4 is 10.1 Å². The van der Waals surface area contributed by atoms with Crippen molar-refractivity contribution in [2.24, 2.45) is 10.9 Å². The fourth-order valence-electron chi connectivity index (χ4n) is 2.34. The smallest absolute Gasteiger partial charge is 0.193 e. The van der Waals surface area contributed by atoms with E-state index in [1.54, 1.807) is 13.1 Å². The molecule has 0 aliphatic heterocycles. The third-order valence-electron chi connectivity index (χ3n) is 3.74. The Morgan fingerprint density at radius 3 is 2.73 bits per heavy atom. The van der Waals surface area contributed by atoms with Gasteiger partial charge in [0.2, 0.25) is 0 Å². The Morgan fingerprint density at radius 1 is 1.45 bits per heavy atom. The van der Waals surface area contributed by atoms with E-state index in [0.29, 0.717) is 6.54 Å². The normalized spacial score (nSPS) is 14.3. The van der Waals surface area contributed by atoms with E-state index < -0.39 is 0 Å². The Hall–Kier alpha value is -1.05. The summed E-state index contributed by atoms with van der Waals surface area (Å²) in [4.78, 5) is 6.26. The van der Waals surface area contributed by atoms with Gasteiger partial charge in [0.25, 0.3) is 0 Å². The van der Waals surface area contributed by atoms with Gasteiger partial charge in [-0.05, 0) is 30.0 Å². The molecule has 0 saturated heterocycles. The molecule has 0 amide bonds. The Balaban J connectivity index is 0.00000242. The minimum Gasteiger partial charge on any atom is -0.494 e. The van der Waals surface area contributed by atoms with Gasteiger partial charge in [-0.2, -0.15) is 0 Å². The predicted molar refractivity (Wildman–Crippen MR) is 98.5 cm³/mol. The van der Waals surface area contributed by atoms with Crippen molar-refractivity contribution >= 4 is 29.9 Å². The lowest BCUT2D eigenvalue weighted by molar-refractivity contribution is 0.385. The van der Waals surface area contributed by atoms with Crippen molar-refractivity contribution in [2.45, 2.75) is 25.8 Å². The second kappa shape index (κ2) is 9.17. The van der Waals surface area contributed by atoms with E-state index in [1.807, 2.05) is 18.0 Å². The van der Waals surface area contributed by atoms with Gasteiger partial charge in [0.15, 0.2) is 17.5 Å². The number of benzene rings is 1. The zero-order valence-corrected chi connectivity index (χ0v) is 15.8. The van der Waals surface area contributed by atoms with Gasteiger partial charge >= 0.3 is 0 Å². The SMILES string of the molecule is CN=C(NCCC1CC1)N(C)Cc1ccc(OC)c(F)c1.I. The minimum absolute atomic E-state index is 0. The molecule has 0 heterocycles. The van der Waals surface area contributed by atoms with Crippen LogP contribution in [0.3, 0.4) is 0 Å². The molecule has 1 fully saturated rings. The molecule has 1 aliphatic carbocycles. The number of rotatable bonds is 6. The van der Waals surface area contributed by atoms with Crippen LogP contribution >= 0.6 is 24.0 Å². The zero-order valence-electron chi connectivity index (χ0n) is 13.4. The predicted octanol–water partition coefficient (Wildman–Crippen LogP) is 3.26. The van der Waals surface area contributed by atoms with Crippen LogP contribution in [0.15, 0.2) is 23.2 Å². The molecule has 0 aromatic heterocycles. The second-order valence-electron chi connectivity index (χ2n) is 5.53. The molecule has 1 saturated carbocycles. The Labute approximate surface area is 149 Å². The molecule has 4 nitrogen and oxygen atoms in total. The highest BCUT2D eigenvalue weighted by Crippen LogP contribution is 2.31. The summed E-state index contributed by atoms with van der Waals surface area (Å²) in [6.45, 7) is 1.54. The fourth-order valence-corrected chi connectivity index (χ4v) is 2.34. The molecule has 0 spiro atoms. The van der Waals surface area contributed by atoms with Gasteiger partial charge in [0.1, 0.15) is 0 Å². The lowest BCUT2D eigenvalue weighted by Crippen LogP contribution is -2.39. The maximum atomic E-state index is 13.7. The van der Waals surface area contributed by atoms with Crippen LogP contribution in [-0.2, 0) is 6.54 Å². The van der Waals surface area contributed by atoms with Crippen LogP contribution in [-0.4, -0.2) is 38.6 Å². The monoisotopic (exact) mass is 421 g/mol. The van der Waals surface area contributed by atoms with E-state index in [4.69, 9.17) is 4.74 Å². The Bertz CT molecular complexity index is 506. The van der Waals surface area contributed by atoms with E-state index in [2.05, 4.69) is 10.3 Å². The molecular weight excluding hydrogens is 396 g/mol. The van der Waals surface area contributed by atoms with Gasteiger partial charge in [0.05, 0.1) is 7.11 Å². The number of nitrogens with one attached hydrogen (secondary N) is 1. The van der Waals surface area contributed by atoms with Gasteiger partial charge in [0, 0.05) is 27.2 Å². The number of aliphatic imine (C=N–C) groups is 1. The molecule has 1 aliphatic rings. The second-order valence-corrected chi connectivity index (χ2v) is 5.53. The Morgan fingerprint density at radius 2 is 2.18 bits per heavy atom. The zero-order chi connectivity index (χ0) is 15.2. The standard InChI is InChI=1S/C16H24FN3O.HI/c1-18-16(19-9-8-12-4-5-12)20(2)11-13-6-7-15(21-3)14(17)10-13;/h6-7,10,12H,4-5,8-9,11H2,1-3H3,(H,18,19);1H. The molecule has 0 atom stereocenters. The first-order chi connectivity index (χ1) is 10.1. The van der Waals surface area contributed by atoms with Gasteiger partial charge in [-0.1, -0.05) is 18.9 Å².